The Balaban J connectivity index is 0.00000112. The summed E-state index contributed by atoms with van der Waals surface area (Å²) in [5.41, 5.74) is 1.03. The van der Waals surface area contributed by atoms with Crippen LogP contribution in [-0.2, 0) is 0 Å². The van der Waals surface area contributed by atoms with E-state index in [0.29, 0.717) is 0 Å². The second-order valence-electron chi connectivity index (χ2n) is 3.25. The van der Waals surface area contributed by atoms with E-state index in [1.165, 1.54) is 0 Å². The van der Waals surface area contributed by atoms with Gasteiger partial charge < -0.3 is 9.90 Å². The van der Waals surface area contributed by atoms with Crippen LogP contribution in [0, 0.1) is 6.92 Å². The molecule has 2 nitrogen and oxygen atoms in total. The molecule has 0 aliphatic rings. The summed E-state index contributed by atoms with van der Waals surface area (Å²) in [6.45, 7) is 1.80. The van der Waals surface area contributed by atoms with Crippen molar-refractivity contribution in [1.82, 2.24) is 0 Å². The minimum atomic E-state index is -1.12. The van der Waals surface area contributed by atoms with Crippen LogP contribution in [0.1, 0.15) is 15.9 Å². The van der Waals surface area contributed by atoms with Crippen molar-refractivity contribution in [3.05, 3.63) is 47.5 Å². The maximum absolute atomic E-state index is 10.8. The Hall–Kier alpha value is -0.908. The summed E-state index contributed by atoms with van der Waals surface area (Å²) < 4.78 is 0. The van der Waals surface area contributed by atoms with Crippen LogP contribution in [0.3, 0.4) is 0 Å². The molecular weight excluding hydrogens is 381 g/mol. The van der Waals surface area contributed by atoms with E-state index in [0.717, 1.165) is 16.3 Å². The van der Waals surface area contributed by atoms with Crippen LogP contribution in [0.5, 0.6) is 0 Å². The molecule has 0 spiro atoms. The quantitative estimate of drug-likeness (QED) is 0.686. The van der Waals surface area contributed by atoms with Crippen molar-refractivity contribution in [2.45, 2.75) is 6.92 Å². The molecular formula is C12H9O2Tl. The average molecular weight is 390 g/mol. The number of benzene rings is 2. The molecule has 2 aromatic carbocycles. The second-order valence-corrected chi connectivity index (χ2v) is 3.25. The van der Waals surface area contributed by atoms with Gasteiger partial charge in [-0.25, -0.2) is 0 Å². The second kappa shape index (κ2) is 4.74. The summed E-state index contributed by atoms with van der Waals surface area (Å²) >= 11 is 0. The smallest absolute Gasteiger partial charge is 0.545 e. The summed E-state index contributed by atoms with van der Waals surface area (Å²) in [4.78, 5) is 10.8. The minimum Gasteiger partial charge on any atom is -0.545 e. The van der Waals surface area contributed by atoms with Crippen LogP contribution in [0.4, 0.5) is 0 Å². The SMILES string of the molecule is Cc1c(C(=O)[O-])ccc2ccccc12.[Tl+]. The Morgan fingerprint density at radius 3 is 2.47 bits per heavy atom. The van der Waals surface area contributed by atoms with Gasteiger partial charge in [-0.3, -0.25) is 0 Å². The van der Waals surface area contributed by atoms with Gasteiger partial charge in [0.05, 0.1) is 5.97 Å². The van der Waals surface area contributed by atoms with Crippen molar-refractivity contribution in [2.24, 2.45) is 0 Å². The number of aromatic carboxylic acids is 1. The van der Waals surface area contributed by atoms with E-state index in [1.807, 2.05) is 24.3 Å². The fourth-order valence-corrected chi connectivity index (χ4v) is 1.65. The van der Waals surface area contributed by atoms with Gasteiger partial charge >= 0.3 is 27.3 Å². The standard InChI is InChI=1S/C12H10O2.Tl/c1-8-10-5-3-2-4-9(10)6-7-11(8)12(13)14;/h2-7H,1H3,(H,13,14);/q;+1/p-1. The minimum absolute atomic E-state index is 0. The van der Waals surface area contributed by atoms with E-state index in [1.54, 1.807) is 19.1 Å². The summed E-state index contributed by atoms with van der Waals surface area (Å²) in [5, 5.41) is 12.8. The van der Waals surface area contributed by atoms with Crippen LogP contribution < -0.4 is 5.11 Å². The molecule has 0 saturated heterocycles. The van der Waals surface area contributed by atoms with Crippen molar-refractivity contribution >= 4 is 44.0 Å². The Bertz CT molecular complexity index is 506. The Morgan fingerprint density at radius 1 is 1.13 bits per heavy atom. The van der Waals surface area contributed by atoms with Crippen LogP contribution in [-0.4, -0.2) is 33.3 Å². The molecule has 0 amide bonds. The van der Waals surface area contributed by atoms with E-state index in [2.05, 4.69) is 0 Å². The number of aryl methyl sites for hydroxylation is 1. The first-order valence-electron chi connectivity index (χ1n) is 4.40. The monoisotopic (exact) mass is 390 g/mol. The molecule has 2 aromatic rings. The van der Waals surface area contributed by atoms with Crippen LogP contribution >= 0.6 is 0 Å². The number of hydrogen-bond donors (Lipinski definition) is 0. The zero-order chi connectivity index (χ0) is 10.1. The van der Waals surface area contributed by atoms with E-state index in [-0.39, 0.29) is 32.9 Å². The van der Waals surface area contributed by atoms with Gasteiger partial charge in [-0.15, -0.1) is 0 Å². The predicted molar refractivity (Wildman–Crippen MR) is 58.8 cm³/mol. The molecule has 0 fully saturated rings. The molecule has 0 unspecified atom stereocenters. The number of hydrogen-bond acceptors (Lipinski definition) is 2. The van der Waals surface area contributed by atoms with Crippen LogP contribution in [0.15, 0.2) is 36.4 Å². The molecule has 0 aliphatic heterocycles. The van der Waals surface area contributed by atoms with Crippen molar-refractivity contribution in [3.63, 3.8) is 0 Å². The maximum Gasteiger partial charge on any atom is 1.00 e. The van der Waals surface area contributed by atoms with Gasteiger partial charge in [-0.1, -0.05) is 36.4 Å². The van der Waals surface area contributed by atoms with Gasteiger partial charge in [0.25, 0.3) is 0 Å². The third-order valence-electron chi connectivity index (χ3n) is 2.42. The maximum atomic E-state index is 10.8. The van der Waals surface area contributed by atoms with E-state index >= 15 is 0 Å². The van der Waals surface area contributed by atoms with Gasteiger partial charge in [0.1, 0.15) is 0 Å². The van der Waals surface area contributed by atoms with Crippen molar-refractivity contribution in [3.8, 4) is 0 Å². The number of carboxylic acids is 1. The van der Waals surface area contributed by atoms with E-state index in [9.17, 15) is 9.90 Å². The van der Waals surface area contributed by atoms with Crippen LogP contribution in [0.25, 0.3) is 10.8 Å². The van der Waals surface area contributed by atoms with E-state index in [4.69, 9.17) is 0 Å². The fourth-order valence-electron chi connectivity index (χ4n) is 1.65. The first-order valence-corrected chi connectivity index (χ1v) is 4.40. The number of fused-ring (bicyclic) bond motifs is 1. The normalized spacial score (nSPS) is 9.67. The Labute approximate surface area is 108 Å². The summed E-state index contributed by atoms with van der Waals surface area (Å²) in [6.07, 6.45) is 0. The first kappa shape index (κ1) is 12.2. The van der Waals surface area contributed by atoms with Crippen molar-refractivity contribution in [1.29, 1.82) is 0 Å². The van der Waals surface area contributed by atoms with Crippen molar-refractivity contribution in [2.75, 3.05) is 0 Å². The third kappa shape index (κ3) is 2.19. The first-order chi connectivity index (χ1) is 6.70. The number of carbonyl (C=O) groups excluding carboxylic acids is 1. The summed E-state index contributed by atoms with van der Waals surface area (Å²) in [5.74, 6) is -1.12. The summed E-state index contributed by atoms with van der Waals surface area (Å²) in [7, 11) is 0. The summed E-state index contributed by atoms with van der Waals surface area (Å²) in [6, 6.07) is 11.1. The molecule has 0 radical (unpaired) electrons. The van der Waals surface area contributed by atoms with Gasteiger partial charge in [0.2, 0.25) is 0 Å². The van der Waals surface area contributed by atoms with Gasteiger partial charge in [-0.05, 0) is 23.3 Å². The van der Waals surface area contributed by atoms with Gasteiger partial charge in [0, 0.05) is 5.56 Å². The molecule has 0 saturated carbocycles. The molecule has 72 valence electrons. The largest absolute Gasteiger partial charge is 1.00 e. The number of carbonyl (C=O) groups is 1. The molecule has 2 rings (SSSR count). The Morgan fingerprint density at radius 2 is 1.80 bits per heavy atom. The predicted octanol–water partition coefficient (Wildman–Crippen LogP) is 1.13. The average Bonchev–Trinajstić information content (AvgIpc) is 2.18. The molecule has 3 heteroatoms. The topological polar surface area (TPSA) is 40.1 Å². The number of carboxylic acid groups (broad SMARTS) is 1. The van der Waals surface area contributed by atoms with Gasteiger partial charge in [0.15, 0.2) is 0 Å². The van der Waals surface area contributed by atoms with Gasteiger partial charge in [-0.2, -0.15) is 0 Å². The molecule has 0 aliphatic carbocycles. The fraction of sp³-hybridized carbons (Fsp3) is 0.0833. The third-order valence-corrected chi connectivity index (χ3v) is 2.42. The van der Waals surface area contributed by atoms with Crippen molar-refractivity contribution < 1.29 is 9.90 Å². The molecule has 0 aromatic heterocycles. The molecule has 0 atom stereocenters. The zero-order valence-electron chi connectivity index (χ0n) is 8.36. The molecule has 0 bridgehead atoms. The molecule has 15 heavy (non-hydrogen) atoms. The molecule has 0 N–H and O–H groups in total. The zero-order valence-corrected chi connectivity index (χ0v) is 12.8. The van der Waals surface area contributed by atoms with E-state index < -0.39 is 5.97 Å². The number of rotatable bonds is 1. The Kier molecular flexibility index (Phi) is 3.85. The van der Waals surface area contributed by atoms with Crippen LogP contribution in [0.2, 0.25) is 0 Å². The molecule has 0 heterocycles.